The van der Waals surface area contributed by atoms with E-state index in [1.165, 1.54) is 11.1 Å². The quantitative estimate of drug-likeness (QED) is 0.881. The minimum atomic E-state index is -0.644. The molecule has 0 aromatic heterocycles. The third-order valence-corrected chi connectivity index (χ3v) is 4.67. The van der Waals surface area contributed by atoms with Crippen LogP contribution in [-0.4, -0.2) is 11.4 Å². The summed E-state index contributed by atoms with van der Waals surface area (Å²) in [5.41, 5.74) is 7.99. The molecule has 1 amide bonds. The molecule has 3 nitrogen and oxygen atoms in total. The molecule has 1 fully saturated rings. The molecule has 0 bridgehead atoms. The Labute approximate surface area is 130 Å². The summed E-state index contributed by atoms with van der Waals surface area (Å²) in [6, 6.07) is 6.00. The SMILES string of the molecule is Cl.NC1(C(=O)NC2CCc3cc(Cl)ccc32)CCCC1. The molecule has 1 atom stereocenters. The Bertz CT molecular complexity index is 513. The highest BCUT2D eigenvalue weighted by atomic mass is 35.5. The second-order valence-corrected chi connectivity index (χ2v) is 6.21. The number of benzene rings is 1. The van der Waals surface area contributed by atoms with E-state index < -0.39 is 5.54 Å². The highest BCUT2D eigenvalue weighted by Gasteiger charge is 2.38. The van der Waals surface area contributed by atoms with Crippen molar-refractivity contribution >= 4 is 29.9 Å². The normalized spacial score (nSPS) is 23.0. The predicted octanol–water partition coefficient (Wildman–Crippen LogP) is 3.14. The highest BCUT2D eigenvalue weighted by molar-refractivity contribution is 6.30. The number of nitrogens with two attached hydrogens (primary N) is 1. The Kier molecular flexibility index (Phi) is 4.62. The van der Waals surface area contributed by atoms with E-state index in [4.69, 9.17) is 17.3 Å². The van der Waals surface area contributed by atoms with Gasteiger partial charge in [-0.05, 0) is 48.9 Å². The van der Waals surface area contributed by atoms with Gasteiger partial charge in [-0.15, -0.1) is 12.4 Å². The van der Waals surface area contributed by atoms with Gasteiger partial charge in [0, 0.05) is 5.02 Å². The molecule has 1 aromatic carbocycles. The first-order valence-electron chi connectivity index (χ1n) is 6.97. The molecule has 110 valence electrons. The molecule has 1 saturated carbocycles. The number of hydrogen-bond donors (Lipinski definition) is 2. The average Bonchev–Trinajstić information content (AvgIpc) is 2.97. The van der Waals surface area contributed by atoms with Crippen molar-refractivity contribution in [2.24, 2.45) is 5.73 Å². The monoisotopic (exact) mass is 314 g/mol. The van der Waals surface area contributed by atoms with Gasteiger partial charge in [-0.2, -0.15) is 0 Å². The van der Waals surface area contributed by atoms with Gasteiger partial charge in [0.15, 0.2) is 0 Å². The number of hydrogen-bond acceptors (Lipinski definition) is 2. The van der Waals surface area contributed by atoms with Crippen LogP contribution < -0.4 is 11.1 Å². The summed E-state index contributed by atoms with van der Waals surface area (Å²) in [6.07, 6.45) is 5.63. The second-order valence-electron chi connectivity index (χ2n) is 5.77. The molecule has 20 heavy (non-hydrogen) atoms. The van der Waals surface area contributed by atoms with E-state index in [9.17, 15) is 4.79 Å². The minimum Gasteiger partial charge on any atom is -0.348 e. The van der Waals surface area contributed by atoms with Crippen LogP contribution in [-0.2, 0) is 11.2 Å². The van der Waals surface area contributed by atoms with E-state index in [1.807, 2.05) is 18.2 Å². The van der Waals surface area contributed by atoms with Crippen molar-refractivity contribution in [2.45, 2.75) is 50.1 Å². The van der Waals surface area contributed by atoms with Crippen molar-refractivity contribution in [3.05, 3.63) is 34.3 Å². The largest absolute Gasteiger partial charge is 0.348 e. The van der Waals surface area contributed by atoms with Crippen molar-refractivity contribution in [3.8, 4) is 0 Å². The van der Waals surface area contributed by atoms with Gasteiger partial charge < -0.3 is 11.1 Å². The van der Waals surface area contributed by atoms with Crippen LogP contribution in [0.15, 0.2) is 18.2 Å². The van der Waals surface area contributed by atoms with Crippen LogP contribution in [0.25, 0.3) is 0 Å². The second kappa shape index (κ2) is 5.92. The molecule has 0 heterocycles. The third kappa shape index (κ3) is 2.80. The van der Waals surface area contributed by atoms with E-state index in [0.717, 1.165) is 43.5 Å². The lowest BCUT2D eigenvalue weighted by molar-refractivity contribution is -0.126. The molecule has 1 unspecified atom stereocenters. The summed E-state index contributed by atoms with van der Waals surface area (Å²) in [6.45, 7) is 0. The lowest BCUT2D eigenvalue weighted by atomic mass is 9.97. The molecular weight excluding hydrogens is 295 g/mol. The van der Waals surface area contributed by atoms with Crippen molar-refractivity contribution in [1.82, 2.24) is 5.32 Å². The maximum atomic E-state index is 12.3. The van der Waals surface area contributed by atoms with Gasteiger partial charge in [0.1, 0.15) is 0 Å². The van der Waals surface area contributed by atoms with Crippen LogP contribution in [0.4, 0.5) is 0 Å². The standard InChI is InChI=1S/C15H19ClN2O.ClH/c16-11-4-5-12-10(9-11)3-6-13(12)18-14(19)15(17)7-1-2-8-15;/h4-5,9,13H,1-3,6-8,17H2,(H,18,19);1H. The molecule has 2 aliphatic carbocycles. The number of aryl methyl sites for hydroxylation is 1. The van der Waals surface area contributed by atoms with Gasteiger partial charge in [0.2, 0.25) is 5.91 Å². The number of rotatable bonds is 2. The third-order valence-electron chi connectivity index (χ3n) is 4.44. The number of carbonyl (C=O) groups is 1. The molecule has 0 radical (unpaired) electrons. The fraction of sp³-hybridized carbons (Fsp3) is 0.533. The van der Waals surface area contributed by atoms with Crippen LogP contribution in [0.5, 0.6) is 0 Å². The molecule has 3 rings (SSSR count). The summed E-state index contributed by atoms with van der Waals surface area (Å²) in [5.74, 6) is 0.0119. The Morgan fingerprint density at radius 1 is 1.35 bits per heavy atom. The number of carbonyl (C=O) groups excluding carboxylic acids is 1. The molecule has 2 aliphatic rings. The number of amides is 1. The van der Waals surface area contributed by atoms with Crippen LogP contribution in [0.3, 0.4) is 0 Å². The van der Waals surface area contributed by atoms with Crippen molar-refractivity contribution in [3.63, 3.8) is 0 Å². The van der Waals surface area contributed by atoms with Crippen LogP contribution >= 0.6 is 24.0 Å². The van der Waals surface area contributed by atoms with Crippen molar-refractivity contribution in [2.75, 3.05) is 0 Å². The minimum absolute atomic E-state index is 0. The average molecular weight is 315 g/mol. The molecule has 3 N–H and O–H groups in total. The number of fused-ring (bicyclic) bond motifs is 1. The van der Waals surface area contributed by atoms with Crippen LogP contribution in [0, 0.1) is 0 Å². The first-order chi connectivity index (χ1) is 9.08. The zero-order valence-corrected chi connectivity index (χ0v) is 12.9. The Balaban J connectivity index is 0.00000147. The smallest absolute Gasteiger partial charge is 0.240 e. The van der Waals surface area contributed by atoms with Gasteiger partial charge in [-0.1, -0.05) is 30.5 Å². The molecule has 0 aliphatic heterocycles. The summed E-state index contributed by atoms with van der Waals surface area (Å²) in [4.78, 5) is 12.3. The zero-order valence-electron chi connectivity index (χ0n) is 11.3. The van der Waals surface area contributed by atoms with Gasteiger partial charge in [0.05, 0.1) is 11.6 Å². The highest BCUT2D eigenvalue weighted by Crippen LogP contribution is 2.34. The van der Waals surface area contributed by atoms with E-state index in [1.54, 1.807) is 0 Å². The fourth-order valence-electron chi connectivity index (χ4n) is 3.27. The lowest BCUT2D eigenvalue weighted by Gasteiger charge is -2.25. The molecule has 1 aromatic rings. The van der Waals surface area contributed by atoms with E-state index >= 15 is 0 Å². The Morgan fingerprint density at radius 3 is 2.75 bits per heavy atom. The molecule has 0 saturated heterocycles. The van der Waals surface area contributed by atoms with E-state index in [2.05, 4.69) is 5.32 Å². The summed E-state index contributed by atoms with van der Waals surface area (Å²) >= 11 is 6.00. The van der Waals surface area contributed by atoms with Crippen molar-refractivity contribution < 1.29 is 4.79 Å². The number of nitrogens with one attached hydrogen (secondary N) is 1. The molecule has 5 heteroatoms. The topological polar surface area (TPSA) is 55.1 Å². The van der Waals surface area contributed by atoms with Gasteiger partial charge in [-0.3, -0.25) is 4.79 Å². The Hall–Kier alpha value is -0.770. The van der Waals surface area contributed by atoms with Gasteiger partial charge in [-0.25, -0.2) is 0 Å². The fourth-order valence-corrected chi connectivity index (χ4v) is 3.47. The lowest BCUT2D eigenvalue weighted by Crippen LogP contribution is -2.52. The van der Waals surface area contributed by atoms with Crippen LogP contribution in [0.1, 0.15) is 49.3 Å². The predicted molar refractivity (Wildman–Crippen MR) is 83.3 cm³/mol. The molecule has 0 spiro atoms. The maximum absolute atomic E-state index is 12.3. The van der Waals surface area contributed by atoms with Crippen LogP contribution in [0.2, 0.25) is 5.02 Å². The number of halogens is 2. The van der Waals surface area contributed by atoms with Gasteiger partial charge >= 0.3 is 0 Å². The molecular formula is C15H20Cl2N2O. The van der Waals surface area contributed by atoms with Crippen molar-refractivity contribution in [1.29, 1.82) is 0 Å². The zero-order chi connectivity index (χ0) is 13.5. The van der Waals surface area contributed by atoms with E-state index in [0.29, 0.717) is 0 Å². The first-order valence-corrected chi connectivity index (χ1v) is 7.34. The first kappa shape index (κ1) is 15.6. The van der Waals surface area contributed by atoms with Gasteiger partial charge in [0.25, 0.3) is 0 Å². The maximum Gasteiger partial charge on any atom is 0.240 e. The van der Waals surface area contributed by atoms with E-state index in [-0.39, 0.29) is 24.4 Å². The summed E-state index contributed by atoms with van der Waals surface area (Å²) in [7, 11) is 0. The summed E-state index contributed by atoms with van der Waals surface area (Å²) in [5, 5.41) is 3.89. The summed E-state index contributed by atoms with van der Waals surface area (Å²) < 4.78 is 0. The Morgan fingerprint density at radius 2 is 2.05 bits per heavy atom.